The van der Waals surface area contributed by atoms with Crippen molar-refractivity contribution in [1.82, 2.24) is 5.32 Å². The lowest BCUT2D eigenvalue weighted by atomic mass is 10.1. The SMILES string of the molecule is C=O.C=O.C=O.C=O.CCOC=O.CNCCCCCCCCN. The van der Waals surface area contributed by atoms with Gasteiger partial charge >= 0.3 is 0 Å². The van der Waals surface area contributed by atoms with Crippen LogP contribution in [0.1, 0.15) is 45.4 Å². The Bertz CT molecular complexity index is 161. The van der Waals surface area contributed by atoms with Crippen LogP contribution in [0.15, 0.2) is 0 Å². The third kappa shape index (κ3) is 112. The number of hydrogen-bond donors (Lipinski definition) is 2. The summed E-state index contributed by atoms with van der Waals surface area (Å²) in [7, 11) is 2.01. The second-order valence-electron chi connectivity index (χ2n) is 3.57. The molecule has 0 saturated carbocycles. The second-order valence-corrected chi connectivity index (χ2v) is 3.57. The lowest BCUT2D eigenvalue weighted by Gasteiger charge is -1.99. The molecule has 0 spiro atoms. The molecular weight excluding hydrogens is 316 g/mol. The smallest absolute Gasteiger partial charge is 0.293 e. The maximum Gasteiger partial charge on any atom is 0.293 e. The van der Waals surface area contributed by atoms with E-state index in [9.17, 15) is 4.79 Å². The van der Waals surface area contributed by atoms with E-state index in [1.165, 1.54) is 38.5 Å². The predicted octanol–water partition coefficient (Wildman–Crippen LogP) is 0.945. The Kier molecular flexibility index (Phi) is 132. The standard InChI is InChI=1S/C9H22N2.C3H6O2.4CH2O/c1-11-9-7-5-3-2-4-6-8-10;1-2-5-3-4;4*1-2/h11H,2-10H2,1H3;3H,2H2,1H3;4*1H2. The number of carbonyl (C=O) groups excluding carboxylic acids is 5. The molecular formula is C16H36N2O6. The first-order chi connectivity index (χ1) is 11.8. The first-order valence-corrected chi connectivity index (χ1v) is 7.38. The zero-order valence-corrected chi connectivity index (χ0v) is 15.3. The van der Waals surface area contributed by atoms with Crippen LogP contribution < -0.4 is 11.1 Å². The summed E-state index contributed by atoms with van der Waals surface area (Å²) < 4.78 is 4.15. The van der Waals surface area contributed by atoms with Crippen molar-refractivity contribution in [3.8, 4) is 0 Å². The fourth-order valence-corrected chi connectivity index (χ4v) is 1.22. The van der Waals surface area contributed by atoms with Crippen LogP contribution in [-0.4, -0.2) is 60.4 Å². The Morgan fingerprint density at radius 1 is 0.833 bits per heavy atom. The van der Waals surface area contributed by atoms with Crippen LogP contribution >= 0.6 is 0 Å². The largest absolute Gasteiger partial charge is 0.468 e. The molecule has 0 aliphatic rings. The van der Waals surface area contributed by atoms with Gasteiger partial charge in [0.25, 0.3) is 6.47 Å². The van der Waals surface area contributed by atoms with E-state index in [4.69, 9.17) is 24.9 Å². The molecule has 0 atom stereocenters. The van der Waals surface area contributed by atoms with Crippen molar-refractivity contribution >= 4 is 33.6 Å². The molecule has 0 aromatic carbocycles. The van der Waals surface area contributed by atoms with E-state index in [0.29, 0.717) is 13.1 Å². The van der Waals surface area contributed by atoms with Gasteiger partial charge in [-0.1, -0.05) is 25.7 Å². The molecule has 0 bridgehead atoms. The van der Waals surface area contributed by atoms with E-state index in [1.807, 2.05) is 34.2 Å². The van der Waals surface area contributed by atoms with Gasteiger partial charge in [0.15, 0.2) is 0 Å². The van der Waals surface area contributed by atoms with E-state index in [0.717, 1.165) is 13.1 Å². The van der Waals surface area contributed by atoms with E-state index in [-0.39, 0.29) is 0 Å². The maximum atomic E-state index is 9.18. The lowest BCUT2D eigenvalue weighted by molar-refractivity contribution is -0.128. The minimum absolute atomic E-state index is 0.431. The van der Waals surface area contributed by atoms with E-state index in [2.05, 4.69) is 10.1 Å². The number of unbranched alkanes of at least 4 members (excludes halogenated alkanes) is 5. The highest BCUT2D eigenvalue weighted by molar-refractivity contribution is 5.36. The summed E-state index contributed by atoms with van der Waals surface area (Å²) >= 11 is 0. The quantitative estimate of drug-likeness (QED) is 0.438. The van der Waals surface area contributed by atoms with E-state index in [1.54, 1.807) is 6.92 Å². The number of rotatable bonds is 10. The van der Waals surface area contributed by atoms with Gasteiger partial charge in [-0.15, -0.1) is 0 Å². The fraction of sp³-hybridized carbons (Fsp3) is 0.688. The molecule has 0 rings (SSSR count). The van der Waals surface area contributed by atoms with Gasteiger partial charge in [0, 0.05) is 0 Å². The lowest BCUT2D eigenvalue weighted by Crippen LogP contribution is -2.06. The molecule has 0 fully saturated rings. The van der Waals surface area contributed by atoms with Crippen LogP contribution in [0.2, 0.25) is 0 Å². The molecule has 24 heavy (non-hydrogen) atoms. The average Bonchev–Trinajstić information content (AvgIpc) is 2.69. The minimum atomic E-state index is 0.431. The summed E-state index contributed by atoms with van der Waals surface area (Å²) in [6.07, 6.45) is 7.94. The number of carbonyl (C=O) groups is 5. The second kappa shape index (κ2) is 83.7. The van der Waals surface area contributed by atoms with Crippen molar-refractivity contribution in [2.24, 2.45) is 5.73 Å². The van der Waals surface area contributed by atoms with E-state index >= 15 is 0 Å². The van der Waals surface area contributed by atoms with Crippen molar-refractivity contribution < 1.29 is 28.7 Å². The van der Waals surface area contributed by atoms with Gasteiger partial charge in [0.2, 0.25) is 0 Å². The number of hydrogen-bond acceptors (Lipinski definition) is 8. The number of ether oxygens (including phenoxy) is 1. The molecule has 146 valence electrons. The fourth-order valence-electron chi connectivity index (χ4n) is 1.22. The third-order valence-corrected chi connectivity index (χ3v) is 2.12. The summed E-state index contributed by atoms with van der Waals surface area (Å²) in [4.78, 5) is 41.2. The highest BCUT2D eigenvalue weighted by Gasteiger charge is 1.88. The van der Waals surface area contributed by atoms with Crippen LogP contribution in [0.4, 0.5) is 0 Å². The first-order valence-electron chi connectivity index (χ1n) is 7.38. The minimum Gasteiger partial charge on any atom is -0.468 e. The molecule has 0 saturated heterocycles. The van der Waals surface area contributed by atoms with Crippen molar-refractivity contribution in [3.63, 3.8) is 0 Å². The van der Waals surface area contributed by atoms with Crippen molar-refractivity contribution in [2.75, 3.05) is 26.7 Å². The molecule has 3 N–H and O–H groups in total. The van der Waals surface area contributed by atoms with Crippen molar-refractivity contribution in [1.29, 1.82) is 0 Å². The molecule has 0 aromatic rings. The first kappa shape index (κ1) is 37.9. The zero-order chi connectivity index (χ0) is 20.5. The zero-order valence-electron chi connectivity index (χ0n) is 15.3. The van der Waals surface area contributed by atoms with Gasteiger partial charge in [-0.05, 0) is 39.9 Å². The number of nitrogens with one attached hydrogen (secondary N) is 1. The topological polar surface area (TPSA) is 133 Å². The third-order valence-electron chi connectivity index (χ3n) is 2.12. The van der Waals surface area contributed by atoms with Crippen LogP contribution in [0, 0.1) is 0 Å². The summed E-state index contributed by atoms with van der Waals surface area (Å²) in [5, 5.41) is 3.15. The predicted molar refractivity (Wildman–Crippen MR) is 96.9 cm³/mol. The monoisotopic (exact) mass is 352 g/mol. The Morgan fingerprint density at radius 3 is 1.46 bits per heavy atom. The van der Waals surface area contributed by atoms with Crippen LogP contribution in [-0.2, 0) is 28.7 Å². The van der Waals surface area contributed by atoms with Gasteiger partial charge in [0.05, 0.1) is 6.61 Å². The highest BCUT2D eigenvalue weighted by Crippen LogP contribution is 2.03. The van der Waals surface area contributed by atoms with Gasteiger partial charge in [-0.2, -0.15) is 0 Å². The Labute approximate surface area is 146 Å². The molecule has 0 aliphatic heterocycles. The van der Waals surface area contributed by atoms with Crippen LogP contribution in [0.5, 0.6) is 0 Å². The Balaban J connectivity index is -0.0000000523. The summed E-state index contributed by atoms with van der Waals surface area (Å²) in [6, 6.07) is 0. The molecule has 0 heterocycles. The van der Waals surface area contributed by atoms with Crippen LogP contribution in [0.3, 0.4) is 0 Å². The van der Waals surface area contributed by atoms with Crippen molar-refractivity contribution in [2.45, 2.75) is 45.4 Å². The summed E-state index contributed by atoms with van der Waals surface area (Å²) in [5.74, 6) is 0. The molecule has 0 aliphatic carbocycles. The molecule has 0 amide bonds. The molecule has 0 unspecified atom stereocenters. The van der Waals surface area contributed by atoms with Gasteiger partial charge < -0.3 is 35.0 Å². The number of nitrogens with two attached hydrogens (primary N) is 1. The molecule has 0 aromatic heterocycles. The average molecular weight is 352 g/mol. The van der Waals surface area contributed by atoms with Gasteiger partial charge in [0.1, 0.15) is 27.2 Å². The normalized spacial score (nSPS) is 6.79. The van der Waals surface area contributed by atoms with Gasteiger partial charge in [-0.25, -0.2) is 0 Å². The van der Waals surface area contributed by atoms with Gasteiger partial charge in [-0.3, -0.25) is 4.79 Å². The molecule has 8 heteroatoms. The Morgan fingerprint density at radius 2 is 1.21 bits per heavy atom. The summed E-state index contributed by atoms with van der Waals surface area (Å²) in [6.45, 7) is 12.7. The van der Waals surface area contributed by atoms with E-state index < -0.39 is 0 Å². The Hall–Kier alpha value is -1.93. The molecule has 0 radical (unpaired) electrons. The van der Waals surface area contributed by atoms with Crippen molar-refractivity contribution in [3.05, 3.63) is 0 Å². The summed E-state index contributed by atoms with van der Waals surface area (Å²) in [5.41, 5.74) is 5.38. The molecule has 8 nitrogen and oxygen atoms in total. The van der Waals surface area contributed by atoms with Crippen LogP contribution in [0.25, 0.3) is 0 Å². The highest BCUT2D eigenvalue weighted by atomic mass is 16.5. The maximum absolute atomic E-state index is 9.18.